The Hall–Kier alpha value is -3.06. The Kier molecular flexibility index (Phi) is 8.29. The van der Waals surface area contributed by atoms with E-state index in [1.165, 1.54) is 6.07 Å². The van der Waals surface area contributed by atoms with Crippen LogP contribution in [-0.2, 0) is 17.6 Å². The molecule has 4 rings (SSSR count). The lowest BCUT2D eigenvalue weighted by molar-refractivity contribution is -0.122. The summed E-state index contributed by atoms with van der Waals surface area (Å²) in [6.07, 6.45) is 2.66. The molecule has 2 aromatic carbocycles. The van der Waals surface area contributed by atoms with Crippen LogP contribution in [0.2, 0.25) is 0 Å². The van der Waals surface area contributed by atoms with Crippen molar-refractivity contribution < 1.29 is 13.7 Å². The molecule has 0 aliphatic carbocycles. The maximum absolute atomic E-state index is 15.1. The number of halogens is 1. The van der Waals surface area contributed by atoms with Gasteiger partial charge in [-0.05, 0) is 36.1 Å². The second kappa shape index (κ2) is 11.6. The zero-order valence-electron chi connectivity index (χ0n) is 20.9. The summed E-state index contributed by atoms with van der Waals surface area (Å²) in [5.41, 5.74) is 2.43. The molecule has 186 valence electrons. The highest BCUT2D eigenvalue weighted by Crippen LogP contribution is 2.30. The van der Waals surface area contributed by atoms with E-state index >= 15 is 4.39 Å². The van der Waals surface area contributed by atoms with E-state index in [1.54, 1.807) is 0 Å². The molecule has 0 N–H and O–H groups in total. The van der Waals surface area contributed by atoms with E-state index in [1.807, 2.05) is 51.1 Å². The summed E-state index contributed by atoms with van der Waals surface area (Å²) in [5, 5.41) is 4.10. The van der Waals surface area contributed by atoms with Crippen LogP contribution in [0.25, 0.3) is 0 Å². The molecule has 35 heavy (non-hydrogen) atoms. The van der Waals surface area contributed by atoms with Crippen LogP contribution in [0.1, 0.15) is 62.5 Å². The van der Waals surface area contributed by atoms with Crippen molar-refractivity contribution >= 4 is 11.5 Å². The van der Waals surface area contributed by atoms with Crippen molar-refractivity contribution in [1.82, 2.24) is 15.0 Å². The molecular weight excluding hydrogens is 443 g/mol. The Balaban J connectivity index is 1.45. The smallest absolute Gasteiger partial charge is 0.248 e. The van der Waals surface area contributed by atoms with Crippen molar-refractivity contribution in [2.75, 3.05) is 31.1 Å². The quantitative estimate of drug-likeness (QED) is 0.398. The number of aryl methyl sites for hydroxylation is 1. The third kappa shape index (κ3) is 5.78. The van der Waals surface area contributed by atoms with Crippen LogP contribution in [-0.4, -0.2) is 47.0 Å². The van der Waals surface area contributed by atoms with E-state index < -0.39 is 0 Å². The van der Waals surface area contributed by atoms with Gasteiger partial charge < -0.3 is 9.42 Å². The Morgan fingerprint density at radius 2 is 1.74 bits per heavy atom. The Morgan fingerprint density at radius 1 is 1.03 bits per heavy atom. The predicted octanol–water partition coefficient (Wildman–Crippen LogP) is 5.23. The maximum atomic E-state index is 15.1. The number of hydrogen-bond acceptors (Lipinski definition) is 6. The minimum Gasteiger partial charge on any atom is -0.367 e. The summed E-state index contributed by atoms with van der Waals surface area (Å²) in [6, 6.07) is 15.3. The Morgan fingerprint density at radius 3 is 2.34 bits per heavy atom. The Bertz CT molecular complexity index is 1110. The van der Waals surface area contributed by atoms with Crippen molar-refractivity contribution in [3.63, 3.8) is 0 Å². The molecule has 0 bridgehead atoms. The number of carbonyl (C=O) groups excluding carboxylic acids is 1. The zero-order valence-corrected chi connectivity index (χ0v) is 20.9. The van der Waals surface area contributed by atoms with E-state index in [2.05, 4.69) is 32.1 Å². The van der Waals surface area contributed by atoms with Gasteiger partial charge in [-0.25, -0.2) is 4.39 Å². The summed E-state index contributed by atoms with van der Waals surface area (Å²) in [7, 11) is 0. The Labute approximate surface area is 207 Å². The molecule has 1 aliphatic heterocycles. The summed E-state index contributed by atoms with van der Waals surface area (Å²) in [5.74, 6) is 1.27. The van der Waals surface area contributed by atoms with Crippen LogP contribution in [0.4, 0.5) is 10.1 Å². The van der Waals surface area contributed by atoms with Crippen molar-refractivity contribution in [2.45, 2.75) is 52.5 Å². The highest BCUT2D eigenvalue weighted by atomic mass is 19.1. The molecule has 0 spiro atoms. The summed E-state index contributed by atoms with van der Waals surface area (Å²) >= 11 is 0. The molecular formula is C28H35FN4O2. The van der Waals surface area contributed by atoms with Crippen molar-refractivity contribution in [3.8, 4) is 0 Å². The third-order valence-electron chi connectivity index (χ3n) is 7.00. The minimum atomic E-state index is -0.266. The topological polar surface area (TPSA) is 62.5 Å². The molecule has 0 amide bonds. The van der Waals surface area contributed by atoms with Crippen LogP contribution in [0, 0.1) is 11.7 Å². The average Bonchev–Trinajstić information content (AvgIpc) is 3.35. The molecule has 1 saturated heterocycles. The van der Waals surface area contributed by atoms with Crippen LogP contribution >= 0.6 is 0 Å². The van der Waals surface area contributed by atoms with Gasteiger partial charge in [0.15, 0.2) is 5.82 Å². The highest BCUT2D eigenvalue weighted by molar-refractivity contribution is 5.83. The van der Waals surface area contributed by atoms with E-state index in [9.17, 15) is 4.79 Å². The normalized spacial score (nSPS) is 15.5. The highest BCUT2D eigenvalue weighted by Gasteiger charge is 2.31. The molecule has 7 heteroatoms. The van der Waals surface area contributed by atoms with Gasteiger partial charge in [0.05, 0.1) is 5.69 Å². The van der Waals surface area contributed by atoms with Gasteiger partial charge >= 0.3 is 0 Å². The summed E-state index contributed by atoms with van der Waals surface area (Å²) < 4.78 is 20.7. The number of Topliss-reactive ketones (excluding diaryl/α,β-unsaturated/α-hetero) is 1. The van der Waals surface area contributed by atoms with Gasteiger partial charge in [-0.15, -0.1) is 0 Å². The van der Waals surface area contributed by atoms with Gasteiger partial charge in [0.2, 0.25) is 5.89 Å². The molecule has 2 heterocycles. The lowest BCUT2D eigenvalue weighted by Gasteiger charge is -2.39. The SMILES string of the molecule is CCc1noc(C(c2ccccc2)N2CCN(c3ccc(CC(=O)C(CC)CC)cc3F)CC2)n1. The van der Waals surface area contributed by atoms with Crippen molar-refractivity contribution in [2.24, 2.45) is 5.92 Å². The first-order valence-electron chi connectivity index (χ1n) is 12.7. The zero-order chi connectivity index (χ0) is 24.8. The number of benzene rings is 2. The number of nitrogens with zero attached hydrogens (tertiary/aromatic N) is 4. The van der Waals surface area contributed by atoms with Crippen LogP contribution in [0.5, 0.6) is 0 Å². The fourth-order valence-corrected chi connectivity index (χ4v) is 4.89. The number of rotatable bonds is 10. The summed E-state index contributed by atoms with van der Waals surface area (Å²) in [4.78, 5) is 21.5. The summed E-state index contributed by atoms with van der Waals surface area (Å²) in [6.45, 7) is 8.89. The predicted molar refractivity (Wildman–Crippen MR) is 135 cm³/mol. The van der Waals surface area contributed by atoms with Gasteiger partial charge in [0.25, 0.3) is 0 Å². The number of carbonyl (C=O) groups is 1. The number of piperazine rings is 1. The lowest BCUT2D eigenvalue weighted by atomic mass is 9.93. The molecule has 1 aromatic heterocycles. The number of ketones is 1. The van der Waals surface area contributed by atoms with Crippen LogP contribution < -0.4 is 4.90 Å². The van der Waals surface area contributed by atoms with Gasteiger partial charge in [0, 0.05) is 44.9 Å². The third-order valence-corrected chi connectivity index (χ3v) is 7.00. The molecule has 1 aliphatic rings. The monoisotopic (exact) mass is 478 g/mol. The van der Waals surface area contributed by atoms with Gasteiger partial charge in [-0.2, -0.15) is 4.98 Å². The number of hydrogen-bond donors (Lipinski definition) is 0. The number of aromatic nitrogens is 2. The molecule has 1 atom stereocenters. The lowest BCUT2D eigenvalue weighted by Crippen LogP contribution is -2.48. The van der Waals surface area contributed by atoms with Crippen LogP contribution in [0.3, 0.4) is 0 Å². The first kappa shape index (κ1) is 25.0. The molecule has 0 radical (unpaired) electrons. The van der Waals surface area contributed by atoms with Gasteiger partial charge in [-0.1, -0.05) is 62.3 Å². The molecule has 0 saturated carbocycles. The molecule has 6 nitrogen and oxygen atoms in total. The van der Waals surface area contributed by atoms with Crippen LogP contribution in [0.15, 0.2) is 53.1 Å². The second-order valence-corrected chi connectivity index (χ2v) is 9.18. The maximum Gasteiger partial charge on any atom is 0.248 e. The van der Waals surface area contributed by atoms with E-state index in [0.29, 0.717) is 36.9 Å². The van der Waals surface area contributed by atoms with Crippen molar-refractivity contribution in [3.05, 3.63) is 77.2 Å². The largest absolute Gasteiger partial charge is 0.367 e. The second-order valence-electron chi connectivity index (χ2n) is 9.18. The number of anilines is 1. The first-order valence-corrected chi connectivity index (χ1v) is 12.7. The minimum absolute atomic E-state index is 0.0515. The standard InChI is InChI=1S/C28H35FN4O2/c1-4-21(5-2)25(34)19-20-12-13-24(23(29)18-20)32-14-16-33(17-15-32)27(22-10-8-7-9-11-22)28-30-26(6-3)31-35-28/h7-13,18,21,27H,4-6,14-17,19H2,1-3H3. The molecule has 1 unspecified atom stereocenters. The van der Waals surface area contributed by atoms with E-state index in [4.69, 9.17) is 4.52 Å². The fourth-order valence-electron chi connectivity index (χ4n) is 4.89. The van der Waals surface area contributed by atoms with E-state index in [-0.39, 0.29) is 23.6 Å². The first-order chi connectivity index (χ1) is 17.0. The average molecular weight is 479 g/mol. The van der Waals surface area contributed by atoms with Crippen molar-refractivity contribution in [1.29, 1.82) is 0 Å². The van der Waals surface area contributed by atoms with Gasteiger partial charge in [-0.3, -0.25) is 9.69 Å². The van der Waals surface area contributed by atoms with Gasteiger partial charge in [0.1, 0.15) is 17.6 Å². The molecule has 3 aromatic rings. The fraction of sp³-hybridized carbons (Fsp3) is 0.464. The molecule has 1 fully saturated rings. The van der Waals surface area contributed by atoms with E-state index in [0.717, 1.165) is 43.5 Å².